The standard InChI is InChI=1S/C22H27BrN2O4/c1-5-15(4)16-6-9-18(10-7-16)28-13-21(26)24-25-22(27)17-8-11-20(19(23)12-17)29-14(2)3/h6-12,14-15H,5,13H2,1-4H3,(H,24,26)(H,25,27). The van der Waals surface area contributed by atoms with Gasteiger partial charge >= 0.3 is 0 Å². The first kappa shape index (κ1) is 22.7. The second-order valence-corrected chi connectivity index (χ2v) is 7.84. The highest BCUT2D eigenvalue weighted by Gasteiger charge is 2.12. The van der Waals surface area contributed by atoms with Crippen molar-refractivity contribution in [2.45, 2.75) is 46.1 Å². The highest BCUT2D eigenvalue weighted by atomic mass is 79.9. The first-order valence-corrected chi connectivity index (χ1v) is 10.4. The highest BCUT2D eigenvalue weighted by molar-refractivity contribution is 9.10. The number of rotatable bonds is 8. The molecule has 6 nitrogen and oxygen atoms in total. The summed E-state index contributed by atoms with van der Waals surface area (Å²) in [7, 11) is 0. The van der Waals surface area contributed by atoms with Crippen molar-refractivity contribution in [2.24, 2.45) is 0 Å². The Morgan fingerprint density at radius 1 is 1.03 bits per heavy atom. The first-order chi connectivity index (χ1) is 13.8. The molecule has 0 aromatic heterocycles. The summed E-state index contributed by atoms with van der Waals surface area (Å²) in [6, 6.07) is 12.6. The van der Waals surface area contributed by atoms with Crippen LogP contribution in [0.15, 0.2) is 46.9 Å². The summed E-state index contributed by atoms with van der Waals surface area (Å²) >= 11 is 3.38. The zero-order valence-corrected chi connectivity index (χ0v) is 18.7. The Kier molecular flexibility index (Phi) is 8.51. The van der Waals surface area contributed by atoms with Crippen molar-refractivity contribution < 1.29 is 19.1 Å². The Balaban J connectivity index is 1.81. The monoisotopic (exact) mass is 462 g/mol. The Morgan fingerprint density at radius 3 is 2.31 bits per heavy atom. The number of carbonyl (C=O) groups is 2. The van der Waals surface area contributed by atoms with Crippen LogP contribution in [0.5, 0.6) is 11.5 Å². The minimum atomic E-state index is -0.455. The van der Waals surface area contributed by atoms with Gasteiger partial charge in [0.05, 0.1) is 10.6 Å². The third-order valence-corrected chi connectivity index (χ3v) is 4.92. The van der Waals surface area contributed by atoms with Gasteiger partial charge in [0.2, 0.25) is 0 Å². The van der Waals surface area contributed by atoms with Crippen LogP contribution < -0.4 is 20.3 Å². The Bertz CT molecular complexity index is 837. The molecule has 1 unspecified atom stereocenters. The third-order valence-electron chi connectivity index (χ3n) is 4.30. The van der Waals surface area contributed by atoms with Gasteiger partial charge in [0.15, 0.2) is 6.61 Å². The van der Waals surface area contributed by atoms with Crippen molar-refractivity contribution in [1.29, 1.82) is 0 Å². The van der Waals surface area contributed by atoms with E-state index in [4.69, 9.17) is 9.47 Å². The van der Waals surface area contributed by atoms with Gasteiger partial charge in [-0.3, -0.25) is 20.4 Å². The summed E-state index contributed by atoms with van der Waals surface area (Å²) in [5.41, 5.74) is 6.33. The number of hydrogen-bond donors (Lipinski definition) is 2. The number of carbonyl (C=O) groups excluding carboxylic acids is 2. The van der Waals surface area contributed by atoms with E-state index in [2.05, 4.69) is 40.6 Å². The van der Waals surface area contributed by atoms with Crippen LogP contribution in [0.4, 0.5) is 0 Å². The molecule has 0 saturated heterocycles. The van der Waals surface area contributed by atoms with Crippen LogP contribution in [0.3, 0.4) is 0 Å². The molecule has 29 heavy (non-hydrogen) atoms. The molecule has 2 rings (SSSR count). The molecule has 0 spiro atoms. The maximum Gasteiger partial charge on any atom is 0.276 e. The number of amides is 2. The van der Waals surface area contributed by atoms with Crippen LogP contribution in [0.25, 0.3) is 0 Å². The maximum absolute atomic E-state index is 12.2. The van der Waals surface area contributed by atoms with Crippen molar-refractivity contribution in [3.05, 3.63) is 58.1 Å². The zero-order chi connectivity index (χ0) is 21.4. The summed E-state index contributed by atoms with van der Waals surface area (Å²) in [6.45, 7) is 7.94. The molecule has 2 aromatic carbocycles. The number of benzene rings is 2. The molecule has 0 bridgehead atoms. The van der Waals surface area contributed by atoms with Gasteiger partial charge in [-0.2, -0.15) is 0 Å². The van der Waals surface area contributed by atoms with Crippen molar-refractivity contribution in [1.82, 2.24) is 10.9 Å². The van der Waals surface area contributed by atoms with Crippen LogP contribution >= 0.6 is 15.9 Å². The fourth-order valence-electron chi connectivity index (χ4n) is 2.50. The van der Waals surface area contributed by atoms with E-state index in [1.165, 1.54) is 5.56 Å². The summed E-state index contributed by atoms with van der Waals surface area (Å²) in [5.74, 6) is 0.835. The number of halogens is 1. The van der Waals surface area contributed by atoms with E-state index in [0.29, 0.717) is 27.5 Å². The second-order valence-electron chi connectivity index (χ2n) is 6.98. The smallest absolute Gasteiger partial charge is 0.276 e. The van der Waals surface area contributed by atoms with Crippen LogP contribution in [-0.4, -0.2) is 24.5 Å². The number of hydrazine groups is 1. The van der Waals surface area contributed by atoms with Crippen LogP contribution in [0.2, 0.25) is 0 Å². The molecule has 0 aliphatic rings. The van der Waals surface area contributed by atoms with Crippen molar-refractivity contribution >= 4 is 27.7 Å². The minimum absolute atomic E-state index is 0.0245. The highest BCUT2D eigenvalue weighted by Crippen LogP contribution is 2.27. The van der Waals surface area contributed by atoms with Gasteiger partial charge in [-0.05, 0) is 78.0 Å². The molecule has 2 aromatic rings. The summed E-state index contributed by atoms with van der Waals surface area (Å²) in [6.07, 6.45) is 1.09. The summed E-state index contributed by atoms with van der Waals surface area (Å²) in [5, 5.41) is 0. The van der Waals surface area contributed by atoms with Crippen LogP contribution in [0, 0.1) is 0 Å². The lowest BCUT2D eigenvalue weighted by atomic mass is 9.99. The van der Waals surface area contributed by atoms with E-state index in [9.17, 15) is 9.59 Å². The Morgan fingerprint density at radius 2 is 1.72 bits per heavy atom. The fourth-order valence-corrected chi connectivity index (χ4v) is 2.98. The molecule has 156 valence electrons. The van der Waals surface area contributed by atoms with Crippen molar-refractivity contribution in [2.75, 3.05) is 6.61 Å². The first-order valence-electron chi connectivity index (χ1n) is 9.58. The fraction of sp³-hybridized carbons (Fsp3) is 0.364. The lowest BCUT2D eigenvalue weighted by molar-refractivity contribution is -0.123. The lowest BCUT2D eigenvalue weighted by Gasteiger charge is -2.13. The van der Waals surface area contributed by atoms with Gasteiger partial charge in [-0.1, -0.05) is 26.0 Å². The van der Waals surface area contributed by atoms with Crippen LogP contribution in [-0.2, 0) is 4.79 Å². The molecule has 7 heteroatoms. The van der Waals surface area contributed by atoms with E-state index in [1.807, 2.05) is 38.1 Å². The molecule has 2 amide bonds. The average molecular weight is 463 g/mol. The maximum atomic E-state index is 12.2. The molecule has 0 fully saturated rings. The zero-order valence-electron chi connectivity index (χ0n) is 17.1. The van der Waals surface area contributed by atoms with Gasteiger partial charge in [0, 0.05) is 5.56 Å². The molecule has 0 aliphatic carbocycles. The molecule has 0 aliphatic heterocycles. The van der Waals surface area contributed by atoms with E-state index in [0.717, 1.165) is 6.42 Å². The predicted octanol–water partition coefficient (Wildman–Crippen LogP) is 4.59. The minimum Gasteiger partial charge on any atom is -0.490 e. The largest absolute Gasteiger partial charge is 0.490 e. The summed E-state index contributed by atoms with van der Waals surface area (Å²) < 4.78 is 11.7. The van der Waals surface area contributed by atoms with E-state index in [1.54, 1.807) is 18.2 Å². The van der Waals surface area contributed by atoms with E-state index >= 15 is 0 Å². The SMILES string of the molecule is CCC(C)c1ccc(OCC(=O)NNC(=O)c2ccc(OC(C)C)c(Br)c2)cc1. The number of nitrogens with one attached hydrogen (secondary N) is 2. The molecule has 2 N–H and O–H groups in total. The van der Waals surface area contributed by atoms with Crippen molar-refractivity contribution in [3.8, 4) is 11.5 Å². The lowest BCUT2D eigenvalue weighted by Crippen LogP contribution is -2.43. The van der Waals surface area contributed by atoms with Crippen LogP contribution in [0.1, 0.15) is 56.0 Å². The average Bonchev–Trinajstić information content (AvgIpc) is 2.71. The van der Waals surface area contributed by atoms with Gasteiger partial charge in [0.1, 0.15) is 11.5 Å². The Hall–Kier alpha value is -2.54. The quantitative estimate of drug-likeness (QED) is 0.562. The van der Waals surface area contributed by atoms with Gasteiger partial charge in [0.25, 0.3) is 11.8 Å². The second kappa shape index (κ2) is 10.9. The summed E-state index contributed by atoms with van der Waals surface area (Å²) in [4.78, 5) is 24.1. The molecular weight excluding hydrogens is 436 g/mol. The molecule has 1 atom stereocenters. The van der Waals surface area contributed by atoms with Gasteiger partial charge in [-0.15, -0.1) is 0 Å². The Labute approximate surface area is 180 Å². The van der Waals surface area contributed by atoms with Gasteiger partial charge in [-0.25, -0.2) is 0 Å². The molecule has 0 heterocycles. The van der Waals surface area contributed by atoms with Crippen molar-refractivity contribution in [3.63, 3.8) is 0 Å². The molecular formula is C22H27BrN2O4. The van der Waals surface area contributed by atoms with E-state index < -0.39 is 11.8 Å². The normalized spacial score (nSPS) is 11.7. The number of ether oxygens (including phenoxy) is 2. The third kappa shape index (κ3) is 7.09. The molecule has 0 saturated carbocycles. The number of hydrogen-bond acceptors (Lipinski definition) is 4. The molecule has 0 radical (unpaired) electrons. The van der Waals surface area contributed by atoms with E-state index in [-0.39, 0.29) is 12.7 Å². The van der Waals surface area contributed by atoms with Gasteiger partial charge < -0.3 is 9.47 Å². The predicted molar refractivity (Wildman–Crippen MR) is 116 cm³/mol. The topological polar surface area (TPSA) is 76.7 Å².